The average Bonchev–Trinajstić information content (AvgIpc) is 2.77. The van der Waals surface area contributed by atoms with E-state index in [-0.39, 0.29) is 0 Å². The minimum Gasteiger partial charge on any atom is -0.391 e. The lowest BCUT2D eigenvalue weighted by atomic mass is 10.1. The van der Waals surface area contributed by atoms with Crippen LogP contribution in [0.1, 0.15) is 6.92 Å². The van der Waals surface area contributed by atoms with Crippen molar-refractivity contribution in [3.8, 4) is 11.1 Å². The standard InChI is InChI=1S/C20H25N5O4/c1-14(26)18(19(27)23-29)22-20(28)25-11-9-24(10-12-25)17-6-4-15(5-7-17)16-3-2-8-21-13-16/h2-8,13-14,18,26,29H,9-12H2,1H3,(H,22,28)(H,23,27)/t14-,18+/m0/s1. The van der Waals surface area contributed by atoms with Crippen LogP contribution in [0.3, 0.4) is 0 Å². The molecule has 9 heteroatoms. The Hall–Kier alpha value is -3.17. The summed E-state index contributed by atoms with van der Waals surface area (Å²) < 4.78 is 0. The van der Waals surface area contributed by atoms with Gasteiger partial charge in [-0.2, -0.15) is 0 Å². The van der Waals surface area contributed by atoms with Crippen molar-refractivity contribution in [2.24, 2.45) is 0 Å². The monoisotopic (exact) mass is 399 g/mol. The Morgan fingerprint density at radius 3 is 2.31 bits per heavy atom. The number of aliphatic hydroxyl groups is 1. The van der Waals surface area contributed by atoms with E-state index in [9.17, 15) is 14.7 Å². The first-order valence-corrected chi connectivity index (χ1v) is 9.42. The quantitative estimate of drug-likeness (QED) is 0.437. The molecule has 29 heavy (non-hydrogen) atoms. The lowest BCUT2D eigenvalue weighted by Gasteiger charge is -2.36. The SMILES string of the molecule is C[C@H](O)[C@@H](NC(=O)N1CCN(c2ccc(-c3cccnc3)cc2)CC1)C(=O)NO. The molecule has 0 saturated carbocycles. The van der Waals surface area contributed by atoms with E-state index < -0.39 is 24.1 Å². The lowest BCUT2D eigenvalue weighted by Crippen LogP contribution is -2.58. The molecule has 1 saturated heterocycles. The van der Waals surface area contributed by atoms with Crippen LogP contribution in [-0.2, 0) is 4.79 Å². The largest absolute Gasteiger partial charge is 0.391 e. The van der Waals surface area contributed by atoms with Gasteiger partial charge < -0.3 is 20.2 Å². The Labute approximate surface area is 168 Å². The topological polar surface area (TPSA) is 118 Å². The lowest BCUT2D eigenvalue weighted by molar-refractivity contribution is -0.133. The second-order valence-corrected chi connectivity index (χ2v) is 6.91. The summed E-state index contributed by atoms with van der Waals surface area (Å²) in [5.41, 5.74) is 4.67. The molecule has 1 aliphatic heterocycles. The maximum atomic E-state index is 12.4. The third kappa shape index (κ3) is 5.01. The van der Waals surface area contributed by atoms with Crippen LogP contribution in [-0.4, -0.2) is 70.5 Å². The predicted molar refractivity (Wildman–Crippen MR) is 107 cm³/mol. The first kappa shape index (κ1) is 20.6. The first-order valence-electron chi connectivity index (χ1n) is 9.42. The van der Waals surface area contributed by atoms with Gasteiger partial charge in [-0.25, -0.2) is 10.3 Å². The maximum Gasteiger partial charge on any atom is 0.318 e. The minimum atomic E-state index is -1.22. The highest BCUT2D eigenvalue weighted by Gasteiger charge is 2.29. The molecule has 0 unspecified atom stereocenters. The maximum absolute atomic E-state index is 12.4. The zero-order valence-corrected chi connectivity index (χ0v) is 16.2. The summed E-state index contributed by atoms with van der Waals surface area (Å²) in [6.45, 7) is 3.61. The zero-order valence-electron chi connectivity index (χ0n) is 16.2. The molecule has 1 aromatic heterocycles. The van der Waals surface area contributed by atoms with Crippen LogP contribution >= 0.6 is 0 Å². The number of rotatable bonds is 5. The number of pyridine rings is 1. The van der Waals surface area contributed by atoms with Gasteiger partial charge in [0.15, 0.2) is 0 Å². The summed E-state index contributed by atoms with van der Waals surface area (Å²) in [7, 11) is 0. The Bertz CT molecular complexity index is 821. The van der Waals surface area contributed by atoms with Crippen LogP contribution in [0.15, 0.2) is 48.8 Å². The molecule has 9 nitrogen and oxygen atoms in total. The molecule has 3 rings (SSSR count). The van der Waals surface area contributed by atoms with Gasteiger partial charge in [0.1, 0.15) is 6.04 Å². The molecule has 0 spiro atoms. The Morgan fingerprint density at radius 1 is 1.07 bits per heavy atom. The average molecular weight is 399 g/mol. The van der Waals surface area contributed by atoms with Crippen molar-refractivity contribution in [3.05, 3.63) is 48.8 Å². The number of nitrogens with zero attached hydrogens (tertiary/aromatic N) is 3. The van der Waals surface area contributed by atoms with Gasteiger partial charge in [-0.15, -0.1) is 0 Å². The van der Waals surface area contributed by atoms with E-state index in [4.69, 9.17) is 5.21 Å². The third-order valence-corrected chi connectivity index (χ3v) is 4.95. The predicted octanol–water partition coefficient (Wildman–Crippen LogP) is 0.835. The molecule has 1 aromatic carbocycles. The highest BCUT2D eigenvalue weighted by Crippen LogP contribution is 2.23. The Kier molecular flexibility index (Phi) is 6.63. The van der Waals surface area contributed by atoms with E-state index in [2.05, 4.69) is 15.2 Å². The normalized spacial score (nSPS) is 16.1. The van der Waals surface area contributed by atoms with Gasteiger partial charge in [-0.05, 0) is 36.2 Å². The molecule has 1 aliphatic rings. The molecule has 154 valence electrons. The second-order valence-electron chi connectivity index (χ2n) is 6.91. The molecule has 0 aliphatic carbocycles. The van der Waals surface area contributed by atoms with Crippen LogP contribution in [0.25, 0.3) is 11.1 Å². The minimum absolute atomic E-state index is 0.453. The summed E-state index contributed by atoms with van der Waals surface area (Å²) in [5, 5.41) is 20.8. The van der Waals surface area contributed by atoms with E-state index >= 15 is 0 Å². The zero-order chi connectivity index (χ0) is 20.8. The van der Waals surface area contributed by atoms with E-state index in [1.807, 2.05) is 42.6 Å². The van der Waals surface area contributed by atoms with Crippen LogP contribution < -0.4 is 15.7 Å². The fourth-order valence-electron chi connectivity index (χ4n) is 3.27. The van der Waals surface area contributed by atoms with Gasteiger partial charge in [0.05, 0.1) is 6.10 Å². The van der Waals surface area contributed by atoms with E-state index in [1.165, 1.54) is 12.4 Å². The fourth-order valence-corrected chi connectivity index (χ4v) is 3.27. The summed E-state index contributed by atoms with van der Waals surface area (Å²) in [6, 6.07) is 10.4. The van der Waals surface area contributed by atoms with Crippen molar-refractivity contribution in [1.29, 1.82) is 0 Å². The number of anilines is 1. The molecule has 0 bridgehead atoms. The number of hydrogen-bond acceptors (Lipinski definition) is 6. The third-order valence-electron chi connectivity index (χ3n) is 4.95. The summed E-state index contributed by atoms with van der Waals surface area (Å²) in [5.74, 6) is -0.860. The Balaban J connectivity index is 1.56. The number of hydrogen-bond donors (Lipinski definition) is 4. The van der Waals surface area contributed by atoms with Crippen LogP contribution in [0.4, 0.5) is 10.5 Å². The summed E-state index contributed by atoms with van der Waals surface area (Å²) in [4.78, 5) is 31.9. The molecule has 2 aromatic rings. The molecule has 1 fully saturated rings. The van der Waals surface area contributed by atoms with Crippen LogP contribution in [0.2, 0.25) is 0 Å². The number of carbonyl (C=O) groups excluding carboxylic acids is 2. The number of hydroxylamine groups is 1. The van der Waals surface area contributed by atoms with Gasteiger partial charge in [-0.1, -0.05) is 18.2 Å². The number of nitrogens with one attached hydrogen (secondary N) is 2. The van der Waals surface area contributed by atoms with E-state index in [0.717, 1.165) is 16.8 Å². The number of aliphatic hydroxyl groups excluding tert-OH is 1. The molecule has 0 radical (unpaired) electrons. The van der Waals surface area contributed by atoms with Crippen molar-refractivity contribution >= 4 is 17.6 Å². The van der Waals surface area contributed by atoms with Gasteiger partial charge >= 0.3 is 6.03 Å². The van der Waals surface area contributed by atoms with Crippen LogP contribution in [0, 0.1) is 0 Å². The van der Waals surface area contributed by atoms with Gasteiger partial charge in [0.25, 0.3) is 5.91 Å². The van der Waals surface area contributed by atoms with E-state index in [1.54, 1.807) is 11.1 Å². The highest BCUT2D eigenvalue weighted by molar-refractivity contribution is 5.87. The first-order chi connectivity index (χ1) is 14.0. The van der Waals surface area contributed by atoms with Crippen molar-refractivity contribution in [2.45, 2.75) is 19.1 Å². The molecule has 2 atom stereocenters. The molecular weight excluding hydrogens is 374 g/mol. The van der Waals surface area contributed by atoms with Gasteiger partial charge in [0.2, 0.25) is 0 Å². The number of benzene rings is 1. The number of amides is 3. The number of carbonyl (C=O) groups is 2. The van der Waals surface area contributed by atoms with Crippen molar-refractivity contribution in [3.63, 3.8) is 0 Å². The molecule has 3 amide bonds. The summed E-state index contributed by atoms with van der Waals surface area (Å²) in [6.07, 6.45) is 2.43. The Morgan fingerprint density at radius 2 is 1.76 bits per heavy atom. The van der Waals surface area contributed by atoms with Crippen LogP contribution in [0.5, 0.6) is 0 Å². The molecular formula is C20H25N5O4. The van der Waals surface area contributed by atoms with E-state index in [0.29, 0.717) is 26.2 Å². The van der Waals surface area contributed by atoms with Crippen molar-refractivity contribution in [2.75, 3.05) is 31.1 Å². The van der Waals surface area contributed by atoms with Gasteiger partial charge in [0, 0.05) is 44.3 Å². The number of urea groups is 1. The smallest absolute Gasteiger partial charge is 0.318 e. The van der Waals surface area contributed by atoms with Gasteiger partial charge in [-0.3, -0.25) is 15.0 Å². The van der Waals surface area contributed by atoms with Crippen molar-refractivity contribution in [1.82, 2.24) is 20.7 Å². The molecule has 4 N–H and O–H groups in total. The molecule has 2 heterocycles. The second kappa shape index (κ2) is 9.35. The number of piperazine rings is 1. The van der Waals surface area contributed by atoms with Crippen molar-refractivity contribution < 1.29 is 19.9 Å². The highest BCUT2D eigenvalue weighted by atomic mass is 16.5. The number of aromatic nitrogens is 1. The summed E-state index contributed by atoms with van der Waals surface area (Å²) >= 11 is 0. The fraction of sp³-hybridized carbons (Fsp3) is 0.350.